The van der Waals surface area contributed by atoms with Crippen LogP contribution in [0.3, 0.4) is 0 Å². The molecule has 1 N–H and O–H groups in total. The van der Waals surface area contributed by atoms with Crippen LogP contribution in [0.15, 0.2) is 34.8 Å². The van der Waals surface area contributed by atoms with Gasteiger partial charge in [-0.2, -0.15) is 0 Å². The third kappa shape index (κ3) is 4.24. The Kier molecular flexibility index (Phi) is 4.49. The highest BCUT2D eigenvalue weighted by Crippen LogP contribution is 2.12. The van der Waals surface area contributed by atoms with E-state index in [1.54, 1.807) is 0 Å². The van der Waals surface area contributed by atoms with Gasteiger partial charge in [-0.3, -0.25) is 0 Å². The summed E-state index contributed by atoms with van der Waals surface area (Å²) in [6, 6.07) is 7.73. The normalized spacial score (nSPS) is 10.8. The lowest BCUT2D eigenvalue weighted by molar-refractivity contribution is -0.131. The largest absolute Gasteiger partial charge is 0.493 e. The number of carboxylic acid groups (broad SMARTS) is 1. The Morgan fingerprint density at radius 2 is 2.30 bits per heavy atom. The molecule has 0 saturated heterocycles. The van der Waals surface area contributed by atoms with Crippen molar-refractivity contribution in [3.05, 3.63) is 47.7 Å². The zero-order chi connectivity index (χ0) is 14.4. The number of aliphatic carboxylic acids is 1. The second-order valence-electron chi connectivity index (χ2n) is 4.12. The molecule has 0 saturated carbocycles. The average Bonchev–Trinajstić information content (AvgIpc) is 2.84. The number of carbonyl (C=O) groups is 1. The molecule has 20 heavy (non-hydrogen) atoms. The Balaban J connectivity index is 1.84. The highest BCUT2D eigenvalue weighted by Gasteiger charge is 2.04. The van der Waals surface area contributed by atoms with Crippen LogP contribution in [0.5, 0.6) is 5.75 Å². The lowest BCUT2D eigenvalue weighted by atomic mass is 10.2. The van der Waals surface area contributed by atoms with Gasteiger partial charge in [0.05, 0.1) is 13.0 Å². The first-order valence-corrected chi connectivity index (χ1v) is 6.06. The smallest absolute Gasteiger partial charge is 0.328 e. The molecule has 0 amide bonds. The van der Waals surface area contributed by atoms with Crippen molar-refractivity contribution < 1.29 is 19.1 Å². The van der Waals surface area contributed by atoms with Gasteiger partial charge in [0.25, 0.3) is 0 Å². The van der Waals surface area contributed by atoms with Crippen molar-refractivity contribution in [1.82, 2.24) is 10.2 Å². The fraction of sp³-hybridized carbons (Fsp3) is 0.214. The van der Waals surface area contributed by atoms with E-state index in [4.69, 9.17) is 14.3 Å². The number of carboxylic acids is 1. The molecule has 0 aliphatic rings. The first-order chi connectivity index (χ1) is 9.63. The molecule has 6 nitrogen and oxygen atoms in total. The van der Waals surface area contributed by atoms with Crippen LogP contribution in [0.4, 0.5) is 0 Å². The topological polar surface area (TPSA) is 85.5 Å². The highest BCUT2D eigenvalue weighted by atomic mass is 16.5. The zero-order valence-electron chi connectivity index (χ0n) is 10.9. The van der Waals surface area contributed by atoms with Crippen molar-refractivity contribution in [2.24, 2.45) is 0 Å². The molecule has 0 spiro atoms. The lowest BCUT2D eigenvalue weighted by Crippen LogP contribution is -2.01. The molecule has 1 heterocycles. The predicted octanol–water partition coefficient (Wildman–Crippen LogP) is 2.10. The Labute approximate surface area is 115 Å². The van der Waals surface area contributed by atoms with Crippen LogP contribution in [0.25, 0.3) is 6.08 Å². The summed E-state index contributed by atoms with van der Waals surface area (Å²) in [6.07, 6.45) is 2.66. The second-order valence-corrected chi connectivity index (χ2v) is 4.12. The molecule has 0 unspecified atom stereocenters. The number of nitrogens with zero attached hydrogens (tertiary/aromatic N) is 2. The van der Waals surface area contributed by atoms with Gasteiger partial charge in [0.1, 0.15) is 5.75 Å². The van der Waals surface area contributed by atoms with Crippen LogP contribution >= 0.6 is 0 Å². The maximum Gasteiger partial charge on any atom is 0.328 e. The summed E-state index contributed by atoms with van der Waals surface area (Å²) in [4.78, 5) is 10.3. The maximum absolute atomic E-state index is 10.3. The summed E-state index contributed by atoms with van der Waals surface area (Å²) in [6.45, 7) is 2.40. The minimum absolute atomic E-state index is 0.165. The van der Waals surface area contributed by atoms with E-state index in [0.29, 0.717) is 18.9 Å². The van der Waals surface area contributed by atoms with E-state index >= 15 is 0 Å². The highest BCUT2D eigenvalue weighted by molar-refractivity contribution is 5.84. The molecule has 0 aliphatic heterocycles. The van der Waals surface area contributed by atoms with Crippen molar-refractivity contribution in [2.75, 3.05) is 6.61 Å². The molecule has 2 rings (SSSR count). The predicted molar refractivity (Wildman–Crippen MR) is 71.3 cm³/mol. The molecule has 0 fully saturated rings. The quantitative estimate of drug-likeness (QED) is 0.812. The lowest BCUT2D eigenvalue weighted by Gasteiger charge is -2.04. The molecule has 2 aromatic rings. The van der Waals surface area contributed by atoms with Crippen molar-refractivity contribution in [3.8, 4) is 5.75 Å². The molecule has 0 aliphatic carbocycles. The maximum atomic E-state index is 10.3. The van der Waals surface area contributed by atoms with Gasteiger partial charge in [-0.15, -0.1) is 10.2 Å². The molecule has 6 heteroatoms. The number of hydrogen-bond acceptors (Lipinski definition) is 5. The minimum Gasteiger partial charge on any atom is -0.493 e. The fourth-order valence-corrected chi connectivity index (χ4v) is 1.54. The number of benzene rings is 1. The second kappa shape index (κ2) is 6.51. The Bertz CT molecular complexity index is 619. The van der Waals surface area contributed by atoms with Gasteiger partial charge >= 0.3 is 5.97 Å². The first kappa shape index (κ1) is 13.8. The zero-order valence-corrected chi connectivity index (χ0v) is 10.9. The van der Waals surface area contributed by atoms with E-state index in [9.17, 15) is 4.79 Å². The SMILES string of the molecule is Cc1cccc(OCCc2nnc(/C=C/C(=O)O)o2)c1. The van der Waals surface area contributed by atoms with Gasteiger partial charge in [0.15, 0.2) is 0 Å². The Morgan fingerprint density at radius 1 is 1.45 bits per heavy atom. The third-order valence-corrected chi connectivity index (χ3v) is 2.43. The van der Waals surface area contributed by atoms with Crippen LogP contribution in [0.2, 0.25) is 0 Å². The Hall–Kier alpha value is -2.63. The minimum atomic E-state index is -1.06. The molecular formula is C14H14N2O4. The van der Waals surface area contributed by atoms with E-state index in [2.05, 4.69) is 10.2 Å². The summed E-state index contributed by atoms with van der Waals surface area (Å²) < 4.78 is 10.8. The number of rotatable bonds is 6. The first-order valence-electron chi connectivity index (χ1n) is 6.06. The van der Waals surface area contributed by atoms with Gasteiger partial charge in [0.2, 0.25) is 11.8 Å². The van der Waals surface area contributed by atoms with Gasteiger partial charge in [-0.05, 0) is 24.6 Å². The summed E-state index contributed by atoms with van der Waals surface area (Å²) in [7, 11) is 0. The molecule has 1 aromatic heterocycles. The van der Waals surface area contributed by atoms with E-state index < -0.39 is 5.97 Å². The van der Waals surface area contributed by atoms with Crippen molar-refractivity contribution in [1.29, 1.82) is 0 Å². The molecule has 104 valence electrons. The summed E-state index contributed by atoms with van der Waals surface area (Å²) in [5.74, 6) is 0.295. The number of hydrogen-bond donors (Lipinski definition) is 1. The monoisotopic (exact) mass is 274 g/mol. The van der Waals surface area contributed by atoms with Gasteiger partial charge in [-0.25, -0.2) is 4.79 Å². The summed E-state index contributed by atoms with van der Waals surface area (Å²) in [5, 5.41) is 16.0. The third-order valence-electron chi connectivity index (χ3n) is 2.43. The molecule has 0 radical (unpaired) electrons. The number of aryl methyl sites for hydroxylation is 1. The van der Waals surface area contributed by atoms with Crippen LogP contribution in [-0.2, 0) is 11.2 Å². The molecular weight excluding hydrogens is 260 g/mol. The van der Waals surface area contributed by atoms with Gasteiger partial charge in [0, 0.05) is 12.2 Å². The average molecular weight is 274 g/mol. The standard InChI is InChI=1S/C14H14N2O4/c1-10-3-2-4-11(9-10)19-8-7-13-16-15-12(20-13)5-6-14(17)18/h2-6,9H,7-8H2,1H3,(H,17,18)/b6-5+. The van der Waals surface area contributed by atoms with E-state index in [-0.39, 0.29) is 5.89 Å². The van der Waals surface area contributed by atoms with Crippen LogP contribution in [-0.4, -0.2) is 27.9 Å². The molecule has 0 bridgehead atoms. The summed E-state index contributed by atoms with van der Waals surface area (Å²) in [5.41, 5.74) is 1.13. The van der Waals surface area contributed by atoms with E-state index in [1.165, 1.54) is 6.08 Å². The van der Waals surface area contributed by atoms with Crippen LogP contribution < -0.4 is 4.74 Å². The van der Waals surface area contributed by atoms with Crippen LogP contribution in [0, 0.1) is 6.92 Å². The van der Waals surface area contributed by atoms with Crippen LogP contribution in [0.1, 0.15) is 17.3 Å². The van der Waals surface area contributed by atoms with E-state index in [0.717, 1.165) is 17.4 Å². The molecule has 0 atom stereocenters. The Morgan fingerprint density at radius 3 is 3.05 bits per heavy atom. The van der Waals surface area contributed by atoms with Crippen molar-refractivity contribution >= 4 is 12.0 Å². The molecule has 1 aromatic carbocycles. The van der Waals surface area contributed by atoms with E-state index in [1.807, 2.05) is 31.2 Å². The van der Waals surface area contributed by atoms with Crippen molar-refractivity contribution in [3.63, 3.8) is 0 Å². The van der Waals surface area contributed by atoms with Gasteiger partial charge < -0.3 is 14.3 Å². The summed E-state index contributed by atoms with van der Waals surface area (Å²) >= 11 is 0. The number of ether oxygens (including phenoxy) is 1. The fourth-order valence-electron chi connectivity index (χ4n) is 1.54. The number of aromatic nitrogens is 2. The van der Waals surface area contributed by atoms with Gasteiger partial charge in [-0.1, -0.05) is 12.1 Å². The van der Waals surface area contributed by atoms with Crippen molar-refractivity contribution in [2.45, 2.75) is 13.3 Å².